The predicted octanol–water partition coefficient (Wildman–Crippen LogP) is 3.63. The largest absolute Gasteiger partial charge is 0.462 e. The fourth-order valence-electron chi connectivity index (χ4n) is 2.65. The quantitative estimate of drug-likeness (QED) is 0.662. The molecule has 1 saturated heterocycles. The molecule has 2 aromatic carbocycles. The van der Waals surface area contributed by atoms with E-state index in [0.717, 1.165) is 5.56 Å². The van der Waals surface area contributed by atoms with Gasteiger partial charge in [0.25, 0.3) is 0 Å². The number of halogens is 1. The number of anilines is 1. The Kier molecular flexibility index (Phi) is 7.48. The van der Waals surface area contributed by atoms with E-state index in [1.54, 1.807) is 43.3 Å². The average molecular weight is 446 g/mol. The second-order valence-corrected chi connectivity index (χ2v) is 8.02. The summed E-state index contributed by atoms with van der Waals surface area (Å²) < 4.78 is 4.93. The van der Waals surface area contributed by atoms with Crippen LogP contribution in [0.1, 0.15) is 29.3 Å². The first-order chi connectivity index (χ1) is 14.4. The molecule has 0 bridgehead atoms. The molecule has 0 unspecified atom stereocenters. The molecule has 2 amide bonds. The van der Waals surface area contributed by atoms with Crippen LogP contribution < -0.4 is 10.6 Å². The lowest BCUT2D eigenvalue weighted by atomic mass is 10.2. The van der Waals surface area contributed by atoms with E-state index >= 15 is 0 Å². The molecule has 1 aliphatic heterocycles. The molecule has 1 heterocycles. The Bertz CT molecular complexity index is 961. The summed E-state index contributed by atoms with van der Waals surface area (Å²) in [6, 6.07) is 13.6. The number of hydrogen-bond donors (Lipinski definition) is 2. The van der Waals surface area contributed by atoms with Crippen LogP contribution in [-0.2, 0) is 20.9 Å². The molecule has 1 atom stereocenters. The molecule has 0 spiro atoms. The van der Waals surface area contributed by atoms with Crippen molar-refractivity contribution in [1.29, 1.82) is 0 Å². The molecule has 156 valence electrons. The fourth-order valence-corrected chi connectivity index (χ4v) is 3.76. The van der Waals surface area contributed by atoms with Crippen molar-refractivity contribution in [2.45, 2.75) is 25.1 Å². The zero-order chi connectivity index (χ0) is 21.5. The van der Waals surface area contributed by atoms with Crippen LogP contribution in [0.5, 0.6) is 0 Å². The third kappa shape index (κ3) is 6.08. The van der Waals surface area contributed by atoms with Crippen molar-refractivity contribution in [3.05, 3.63) is 64.7 Å². The lowest BCUT2D eigenvalue weighted by Gasteiger charge is -2.22. The lowest BCUT2D eigenvalue weighted by molar-refractivity contribution is -0.123. The molecule has 9 heteroatoms. The number of thioether (sulfide) groups is 1. The predicted molar refractivity (Wildman–Crippen MR) is 118 cm³/mol. The molecular weight excluding hydrogens is 426 g/mol. The third-order valence-electron chi connectivity index (χ3n) is 4.15. The van der Waals surface area contributed by atoms with E-state index in [0.29, 0.717) is 34.6 Å². The third-order valence-corrected chi connectivity index (χ3v) is 5.52. The van der Waals surface area contributed by atoms with Gasteiger partial charge >= 0.3 is 5.97 Å². The van der Waals surface area contributed by atoms with E-state index in [1.165, 1.54) is 11.8 Å². The van der Waals surface area contributed by atoms with Crippen molar-refractivity contribution >= 4 is 52.0 Å². The summed E-state index contributed by atoms with van der Waals surface area (Å²) in [5.41, 5.74) is 1.87. The van der Waals surface area contributed by atoms with Crippen LogP contribution >= 0.6 is 23.4 Å². The Morgan fingerprint density at radius 1 is 1.20 bits per heavy atom. The van der Waals surface area contributed by atoms with Crippen LogP contribution in [0.3, 0.4) is 0 Å². The SMILES string of the molecule is CCOC(=O)c1ccc(NC(=O)[C@H]2CC(=O)NC(=NCc3ccc(Cl)cc3)S2)cc1. The highest BCUT2D eigenvalue weighted by Crippen LogP contribution is 2.23. The first-order valence-corrected chi connectivity index (χ1v) is 10.5. The van der Waals surface area contributed by atoms with Crippen LogP contribution in [0.4, 0.5) is 5.69 Å². The van der Waals surface area contributed by atoms with Crippen molar-refractivity contribution in [2.75, 3.05) is 11.9 Å². The number of carbonyl (C=O) groups excluding carboxylic acids is 3. The highest BCUT2D eigenvalue weighted by atomic mass is 35.5. The van der Waals surface area contributed by atoms with E-state index in [-0.39, 0.29) is 18.2 Å². The van der Waals surface area contributed by atoms with Crippen molar-refractivity contribution in [3.63, 3.8) is 0 Å². The van der Waals surface area contributed by atoms with Crippen molar-refractivity contribution in [3.8, 4) is 0 Å². The molecule has 30 heavy (non-hydrogen) atoms. The number of esters is 1. The number of ether oxygens (including phenoxy) is 1. The summed E-state index contributed by atoms with van der Waals surface area (Å²) in [4.78, 5) is 40.7. The molecule has 2 aromatic rings. The van der Waals surface area contributed by atoms with Crippen LogP contribution in [0, 0.1) is 0 Å². The van der Waals surface area contributed by atoms with Crippen LogP contribution in [0.2, 0.25) is 5.02 Å². The Morgan fingerprint density at radius 2 is 1.90 bits per heavy atom. The maximum atomic E-state index is 12.6. The van der Waals surface area contributed by atoms with Gasteiger partial charge in [0.1, 0.15) is 5.25 Å². The number of aliphatic imine (C=N–C) groups is 1. The standard InChI is InChI=1S/C21H20ClN3O4S/c1-2-29-20(28)14-5-9-16(10-6-14)24-19(27)17-11-18(26)25-21(30-17)23-12-13-3-7-15(22)8-4-13/h3-10,17H,2,11-12H2,1H3,(H,24,27)(H,23,25,26)/t17-/m1/s1. The van der Waals surface area contributed by atoms with Gasteiger partial charge in [0.2, 0.25) is 11.8 Å². The molecule has 1 aliphatic rings. The fraction of sp³-hybridized carbons (Fsp3) is 0.238. The number of nitrogens with zero attached hydrogens (tertiary/aromatic N) is 1. The van der Waals surface area contributed by atoms with Crippen molar-refractivity contribution < 1.29 is 19.1 Å². The first-order valence-electron chi connectivity index (χ1n) is 9.28. The van der Waals surface area contributed by atoms with Gasteiger partial charge in [-0.25, -0.2) is 4.79 Å². The Labute approximate surface area is 183 Å². The summed E-state index contributed by atoms with van der Waals surface area (Å²) in [5.74, 6) is -0.990. The molecule has 0 aliphatic carbocycles. The van der Waals surface area contributed by atoms with Gasteiger partial charge in [-0.3, -0.25) is 14.6 Å². The molecule has 3 rings (SSSR count). The number of hydrogen-bond acceptors (Lipinski definition) is 6. The van der Waals surface area contributed by atoms with Crippen LogP contribution in [0.25, 0.3) is 0 Å². The minimum Gasteiger partial charge on any atom is -0.462 e. The van der Waals surface area contributed by atoms with Gasteiger partial charge in [0.05, 0.1) is 18.7 Å². The van der Waals surface area contributed by atoms with E-state index in [1.807, 2.05) is 12.1 Å². The zero-order valence-electron chi connectivity index (χ0n) is 16.2. The summed E-state index contributed by atoms with van der Waals surface area (Å²) >= 11 is 7.08. The number of benzene rings is 2. The van der Waals surface area contributed by atoms with Gasteiger partial charge in [0, 0.05) is 17.1 Å². The normalized spacial score (nSPS) is 17.3. The second kappa shape index (κ2) is 10.3. The monoisotopic (exact) mass is 445 g/mol. The van der Waals surface area contributed by atoms with Gasteiger partial charge in [-0.15, -0.1) is 0 Å². The first kappa shape index (κ1) is 21.9. The lowest BCUT2D eigenvalue weighted by Crippen LogP contribution is -2.42. The van der Waals surface area contributed by atoms with Gasteiger partial charge in [-0.1, -0.05) is 35.5 Å². The van der Waals surface area contributed by atoms with E-state index in [2.05, 4.69) is 15.6 Å². The summed E-state index contributed by atoms with van der Waals surface area (Å²) in [5, 5.41) is 5.90. The number of nitrogens with one attached hydrogen (secondary N) is 2. The molecule has 1 fully saturated rings. The summed E-state index contributed by atoms with van der Waals surface area (Å²) in [6.07, 6.45) is 0.0530. The maximum Gasteiger partial charge on any atom is 0.338 e. The van der Waals surface area contributed by atoms with E-state index in [9.17, 15) is 14.4 Å². The second-order valence-electron chi connectivity index (χ2n) is 6.39. The Balaban J connectivity index is 1.61. The molecule has 0 saturated carbocycles. The smallest absolute Gasteiger partial charge is 0.338 e. The molecule has 7 nitrogen and oxygen atoms in total. The minimum atomic E-state index is -0.604. The van der Waals surface area contributed by atoms with Gasteiger partial charge in [-0.2, -0.15) is 0 Å². The zero-order valence-corrected chi connectivity index (χ0v) is 17.8. The van der Waals surface area contributed by atoms with Crippen LogP contribution in [0.15, 0.2) is 53.5 Å². The summed E-state index contributed by atoms with van der Waals surface area (Å²) in [6.45, 7) is 2.39. The average Bonchev–Trinajstić information content (AvgIpc) is 2.73. The number of amides is 2. The van der Waals surface area contributed by atoms with E-state index < -0.39 is 11.2 Å². The Hall–Kier alpha value is -2.84. The van der Waals surface area contributed by atoms with E-state index in [4.69, 9.17) is 16.3 Å². The highest BCUT2D eigenvalue weighted by molar-refractivity contribution is 8.15. The van der Waals surface area contributed by atoms with Gasteiger partial charge in [0.15, 0.2) is 5.17 Å². The topological polar surface area (TPSA) is 96.9 Å². The van der Waals surface area contributed by atoms with Crippen molar-refractivity contribution in [2.24, 2.45) is 4.99 Å². The molecule has 2 N–H and O–H groups in total. The Morgan fingerprint density at radius 3 is 2.57 bits per heavy atom. The molecular formula is C21H20ClN3O4S. The van der Waals surface area contributed by atoms with Crippen LogP contribution in [-0.4, -0.2) is 34.8 Å². The summed E-state index contributed by atoms with van der Waals surface area (Å²) in [7, 11) is 0. The molecule has 0 radical (unpaired) electrons. The van der Waals surface area contributed by atoms with Gasteiger partial charge in [-0.05, 0) is 48.9 Å². The number of amidine groups is 1. The highest BCUT2D eigenvalue weighted by Gasteiger charge is 2.30. The van der Waals surface area contributed by atoms with Crippen molar-refractivity contribution in [1.82, 2.24) is 5.32 Å². The number of rotatable bonds is 6. The maximum absolute atomic E-state index is 12.6. The molecule has 0 aromatic heterocycles. The minimum absolute atomic E-state index is 0.0530. The van der Waals surface area contributed by atoms with Gasteiger partial charge < -0.3 is 15.4 Å². The number of carbonyl (C=O) groups is 3.